The Kier molecular flexibility index (Phi) is 2.43. The molecule has 0 aromatic rings. The molecule has 5 heteroatoms. The molecular formula is C6H9NO4. The minimum atomic E-state index is -1.000. The summed E-state index contributed by atoms with van der Waals surface area (Å²) in [5.74, 6) is 0. The van der Waals surface area contributed by atoms with Crippen molar-refractivity contribution >= 4 is 12.4 Å². The Bertz CT molecular complexity index is 170. The number of carbonyl (C=O) groups is 2. The Balaban J connectivity index is 2.45. The van der Waals surface area contributed by atoms with E-state index in [4.69, 9.17) is 9.84 Å². The van der Waals surface area contributed by atoms with E-state index in [1.54, 1.807) is 0 Å². The van der Waals surface area contributed by atoms with Crippen LogP contribution in [0.15, 0.2) is 0 Å². The molecule has 0 bridgehead atoms. The molecule has 1 atom stereocenters. The lowest BCUT2D eigenvalue weighted by Gasteiger charge is -2.27. The number of aldehydes is 1. The molecule has 0 saturated carbocycles. The molecular weight excluding hydrogens is 150 g/mol. The molecule has 0 aromatic heterocycles. The van der Waals surface area contributed by atoms with Gasteiger partial charge in [-0.2, -0.15) is 0 Å². The van der Waals surface area contributed by atoms with Crippen LogP contribution in [0.2, 0.25) is 0 Å². The SMILES string of the molecule is O=C[C@H]1CN(C(=O)O)CCO1. The second kappa shape index (κ2) is 3.34. The maximum absolute atomic E-state index is 10.4. The van der Waals surface area contributed by atoms with E-state index in [9.17, 15) is 9.59 Å². The number of carboxylic acid groups (broad SMARTS) is 1. The zero-order valence-corrected chi connectivity index (χ0v) is 5.90. The summed E-state index contributed by atoms with van der Waals surface area (Å²) in [6.07, 6.45) is -0.963. The van der Waals surface area contributed by atoms with Gasteiger partial charge in [-0.1, -0.05) is 0 Å². The Hall–Kier alpha value is -1.10. The first-order chi connectivity index (χ1) is 5.24. The van der Waals surface area contributed by atoms with E-state index < -0.39 is 12.2 Å². The molecule has 1 N–H and O–H groups in total. The van der Waals surface area contributed by atoms with E-state index in [-0.39, 0.29) is 6.54 Å². The van der Waals surface area contributed by atoms with Gasteiger partial charge in [0.15, 0.2) is 6.29 Å². The van der Waals surface area contributed by atoms with Crippen molar-refractivity contribution in [3.63, 3.8) is 0 Å². The number of nitrogens with zero attached hydrogens (tertiary/aromatic N) is 1. The van der Waals surface area contributed by atoms with Crippen LogP contribution in [0.4, 0.5) is 4.79 Å². The second-order valence-electron chi connectivity index (χ2n) is 2.27. The molecule has 1 aliphatic rings. The summed E-state index contributed by atoms with van der Waals surface area (Å²) in [6.45, 7) is 0.800. The van der Waals surface area contributed by atoms with Gasteiger partial charge in [-0.3, -0.25) is 0 Å². The fraction of sp³-hybridized carbons (Fsp3) is 0.667. The summed E-state index contributed by atoms with van der Waals surface area (Å²) < 4.78 is 4.93. The highest BCUT2D eigenvalue weighted by Gasteiger charge is 2.22. The lowest BCUT2D eigenvalue weighted by atomic mass is 10.3. The predicted molar refractivity (Wildman–Crippen MR) is 35.4 cm³/mol. The average Bonchev–Trinajstić information content (AvgIpc) is 2.05. The zero-order valence-electron chi connectivity index (χ0n) is 5.90. The first-order valence-corrected chi connectivity index (χ1v) is 3.29. The standard InChI is InChI=1S/C6H9NO4/c8-4-5-3-7(6(9)10)1-2-11-5/h4-5H,1-3H2,(H,9,10)/t5-/m1/s1. The highest BCUT2D eigenvalue weighted by Crippen LogP contribution is 2.02. The highest BCUT2D eigenvalue weighted by atomic mass is 16.5. The van der Waals surface area contributed by atoms with Gasteiger partial charge in [-0.05, 0) is 0 Å². The summed E-state index contributed by atoms with van der Waals surface area (Å²) in [5.41, 5.74) is 0. The predicted octanol–water partition coefficient (Wildman–Crippen LogP) is -0.436. The molecule has 0 aliphatic carbocycles. The molecule has 0 radical (unpaired) electrons. The number of hydrogen-bond acceptors (Lipinski definition) is 3. The van der Waals surface area contributed by atoms with Crippen molar-refractivity contribution in [3.05, 3.63) is 0 Å². The van der Waals surface area contributed by atoms with Crippen molar-refractivity contribution in [1.82, 2.24) is 4.90 Å². The van der Waals surface area contributed by atoms with Crippen LogP contribution in [0.5, 0.6) is 0 Å². The lowest BCUT2D eigenvalue weighted by Crippen LogP contribution is -2.45. The molecule has 1 amide bonds. The maximum atomic E-state index is 10.4. The number of ether oxygens (including phenoxy) is 1. The first-order valence-electron chi connectivity index (χ1n) is 3.29. The highest BCUT2D eigenvalue weighted by molar-refractivity contribution is 5.66. The summed E-state index contributed by atoms with van der Waals surface area (Å²) in [6, 6.07) is 0. The Morgan fingerprint density at radius 3 is 3.00 bits per heavy atom. The third-order valence-corrected chi connectivity index (χ3v) is 1.52. The third kappa shape index (κ3) is 1.91. The van der Waals surface area contributed by atoms with Crippen LogP contribution in [-0.4, -0.2) is 48.2 Å². The van der Waals surface area contributed by atoms with E-state index in [2.05, 4.69) is 0 Å². The molecule has 0 aromatic carbocycles. The van der Waals surface area contributed by atoms with Crippen LogP contribution in [-0.2, 0) is 9.53 Å². The van der Waals surface area contributed by atoms with Crippen molar-refractivity contribution in [2.24, 2.45) is 0 Å². The molecule has 1 aliphatic heterocycles. The number of hydrogen-bond donors (Lipinski definition) is 1. The fourth-order valence-corrected chi connectivity index (χ4v) is 0.932. The van der Waals surface area contributed by atoms with Gasteiger partial charge in [0.1, 0.15) is 6.10 Å². The molecule has 62 valence electrons. The van der Waals surface area contributed by atoms with Gasteiger partial charge in [0.05, 0.1) is 13.2 Å². The van der Waals surface area contributed by atoms with E-state index in [1.807, 2.05) is 0 Å². The van der Waals surface area contributed by atoms with Crippen molar-refractivity contribution in [2.75, 3.05) is 19.7 Å². The van der Waals surface area contributed by atoms with E-state index in [0.717, 1.165) is 0 Å². The number of amides is 1. The molecule has 1 fully saturated rings. The second-order valence-corrected chi connectivity index (χ2v) is 2.27. The summed E-state index contributed by atoms with van der Waals surface area (Å²) in [5, 5.41) is 8.51. The number of carbonyl (C=O) groups excluding carboxylic acids is 1. The van der Waals surface area contributed by atoms with Crippen LogP contribution in [0.3, 0.4) is 0 Å². The average molecular weight is 159 g/mol. The van der Waals surface area contributed by atoms with Gasteiger partial charge in [-0.15, -0.1) is 0 Å². The van der Waals surface area contributed by atoms with Crippen molar-refractivity contribution in [2.45, 2.75) is 6.10 Å². The summed E-state index contributed by atoms with van der Waals surface area (Å²) >= 11 is 0. The Morgan fingerprint density at radius 2 is 2.45 bits per heavy atom. The van der Waals surface area contributed by atoms with Gasteiger partial charge in [-0.25, -0.2) is 4.79 Å². The Morgan fingerprint density at radius 1 is 1.73 bits per heavy atom. The van der Waals surface area contributed by atoms with Gasteiger partial charge in [0.25, 0.3) is 0 Å². The topological polar surface area (TPSA) is 66.8 Å². The summed E-state index contributed by atoms with van der Waals surface area (Å²) in [7, 11) is 0. The van der Waals surface area contributed by atoms with Gasteiger partial charge in [0.2, 0.25) is 0 Å². The zero-order chi connectivity index (χ0) is 8.27. The molecule has 0 unspecified atom stereocenters. The first kappa shape index (κ1) is 8.00. The fourth-order valence-electron chi connectivity index (χ4n) is 0.932. The molecule has 1 saturated heterocycles. The Labute approximate surface area is 63.5 Å². The number of morpholine rings is 1. The molecule has 1 heterocycles. The smallest absolute Gasteiger partial charge is 0.407 e. The van der Waals surface area contributed by atoms with Crippen LogP contribution in [0.25, 0.3) is 0 Å². The van der Waals surface area contributed by atoms with Crippen molar-refractivity contribution in [1.29, 1.82) is 0 Å². The van der Waals surface area contributed by atoms with Crippen LogP contribution in [0, 0.1) is 0 Å². The van der Waals surface area contributed by atoms with E-state index >= 15 is 0 Å². The molecule has 11 heavy (non-hydrogen) atoms. The largest absolute Gasteiger partial charge is 0.465 e. The molecule has 1 rings (SSSR count). The monoisotopic (exact) mass is 159 g/mol. The minimum absolute atomic E-state index is 0.152. The summed E-state index contributed by atoms with van der Waals surface area (Å²) in [4.78, 5) is 21.7. The van der Waals surface area contributed by atoms with Gasteiger partial charge in [0, 0.05) is 6.54 Å². The minimum Gasteiger partial charge on any atom is -0.465 e. The molecule has 5 nitrogen and oxygen atoms in total. The van der Waals surface area contributed by atoms with E-state index in [1.165, 1.54) is 4.90 Å². The lowest BCUT2D eigenvalue weighted by molar-refractivity contribution is -0.122. The maximum Gasteiger partial charge on any atom is 0.407 e. The van der Waals surface area contributed by atoms with Crippen LogP contribution in [0.1, 0.15) is 0 Å². The van der Waals surface area contributed by atoms with Gasteiger partial charge >= 0.3 is 6.09 Å². The number of rotatable bonds is 1. The van der Waals surface area contributed by atoms with E-state index in [0.29, 0.717) is 19.4 Å². The quantitative estimate of drug-likeness (QED) is 0.527. The van der Waals surface area contributed by atoms with Crippen molar-refractivity contribution < 1.29 is 19.4 Å². The van der Waals surface area contributed by atoms with Crippen LogP contribution < -0.4 is 0 Å². The van der Waals surface area contributed by atoms with Gasteiger partial charge < -0.3 is 19.5 Å². The third-order valence-electron chi connectivity index (χ3n) is 1.52. The molecule has 0 spiro atoms. The van der Waals surface area contributed by atoms with Crippen LogP contribution >= 0.6 is 0 Å². The van der Waals surface area contributed by atoms with Crippen molar-refractivity contribution in [3.8, 4) is 0 Å². The normalized spacial score (nSPS) is 24.7.